The van der Waals surface area contributed by atoms with Crippen molar-refractivity contribution in [1.29, 1.82) is 0 Å². The minimum Gasteiger partial charge on any atom is -0.481 e. The van der Waals surface area contributed by atoms with Crippen molar-refractivity contribution in [2.24, 2.45) is 11.8 Å². The van der Waals surface area contributed by atoms with E-state index in [1.807, 2.05) is 0 Å². The number of carboxylic acids is 1. The van der Waals surface area contributed by atoms with E-state index in [1.54, 1.807) is 44.2 Å². The van der Waals surface area contributed by atoms with E-state index in [0.29, 0.717) is 23.6 Å². The second-order valence-corrected chi connectivity index (χ2v) is 9.49. The summed E-state index contributed by atoms with van der Waals surface area (Å²) in [6.45, 7) is 6.90. The normalized spacial score (nSPS) is 33.8. The molecule has 1 aromatic rings. The van der Waals surface area contributed by atoms with Gasteiger partial charge in [-0.3, -0.25) is 14.4 Å². The molecule has 3 heterocycles. The van der Waals surface area contributed by atoms with Gasteiger partial charge in [0, 0.05) is 17.3 Å². The zero-order valence-corrected chi connectivity index (χ0v) is 18.8. The average molecular weight is 463 g/mol. The standard InChI is InChI=1S/C23H27ClN2O6/c1-4-11-25(15-7-5-14(24)6-8-15)20(29)18-23-10-9-22(3,32-23)17(21(30)31)16(23)19(28)26(18)13(2)12-27/h4-8,13,16-18,27H,1,9-12H2,2-3H3,(H,30,31)/t13-,16+,17-,18?,22+,23?/m1/s1. The maximum Gasteiger partial charge on any atom is 0.310 e. The number of ether oxygens (including phenoxy) is 1. The van der Waals surface area contributed by atoms with Gasteiger partial charge < -0.3 is 24.7 Å². The predicted octanol–water partition coefficient (Wildman–Crippen LogP) is 2.09. The van der Waals surface area contributed by atoms with Crippen molar-refractivity contribution in [2.45, 2.75) is 50.0 Å². The molecule has 4 rings (SSSR count). The fraction of sp³-hybridized carbons (Fsp3) is 0.522. The summed E-state index contributed by atoms with van der Waals surface area (Å²) in [7, 11) is 0. The first-order valence-corrected chi connectivity index (χ1v) is 11.0. The molecule has 3 aliphatic rings. The maximum absolute atomic E-state index is 14.0. The van der Waals surface area contributed by atoms with Crippen LogP contribution in [0.2, 0.25) is 5.02 Å². The van der Waals surface area contributed by atoms with E-state index in [-0.39, 0.29) is 13.2 Å². The van der Waals surface area contributed by atoms with E-state index in [1.165, 1.54) is 9.80 Å². The van der Waals surface area contributed by atoms with Gasteiger partial charge in [-0.25, -0.2) is 0 Å². The molecule has 0 saturated carbocycles. The van der Waals surface area contributed by atoms with Gasteiger partial charge in [0.2, 0.25) is 5.91 Å². The molecule has 6 atom stereocenters. The first kappa shape index (κ1) is 22.8. The number of halogens is 1. The quantitative estimate of drug-likeness (QED) is 0.601. The SMILES string of the molecule is C=CCN(C(=O)C1N([C@H](C)CO)C(=O)[C@@H]2[C@H](C(=O)O)[C@]3(C)CCC12O3)c1ccc(Cl)cc1. The lowest BCUT2D eigenvalue weighted by atomic mass is 9.66. The number of likely N-dealkylation sites (tertiary alicyclic amines) is 1. The number of amides is 2. The number of aliphatic carboxylic acids is 1. The van der Waals surface area contributed by atoms with Crippen LogP contribution in [0, 0.1) is 11.8 Å². The third-order valence-electron chi connectivity index (χ3n) is 7.17. The third kappa shape index (κ3) is 3.08. The summed E-state index contributed by atoms with van der Waals surface area (Å²) in [6, 6.07) is 4.97. The predicted molar refractivity (Wildman–Crippen MR) is 117 cm³/mol. The Bertz CT molecular complexity index is 968. The average Bonchev–Trinajstić information content (AvgIpc) is 3.32. The van der Waals surface area contributed by atoms with Crippen LogP contribution in [0.3, 0.4) is 0 Å². The van der Waals surface area contributed by atoms with Gasteiger partial charge in [-0.1, -0.05) is 17.7 Å². The van der Waals surface area contributed by atoms with Crippen molar-refractivity contribution < 1.29 is 29.3 Å². The topological polar surface area (TPSA) is 107 Å². The molecule has 0 aliphatic carbocycles. The fourth-order valence-electron chi connectivity index (χ4n) is 5.80. The lowest BCUT2D eigenvalue weighted by Gasteiger charge is -2.38. The molecule has 3 fully saturated rings. The Morgan fingerprint density at radius 1 is 1.38 bits per heavy atom. The van der Waals surface area contributed by atoms with Crippen LogP contribution >= 0.6 is 11.6 Å². The lowest BCUT2D eigenvalue weighted by molar-refractivity contribution is -0.155. The monoisotopic (exact) mass is 462 g/mol. The molecule has 1 aromatic carbocycles. The Morgan fingerprint density at radius 3 is 2.59 bits per heavy atom. The highest BCUT2D eigenvalue weighted by atomic mass is 35.5. The van der Waals surface area contributed by atoms with Gasteiger partial charge >= 0.3 is 5.97 Å². The fourth-order valence-corrected chi connectivity index (χ4v) is 5.93. The first-order valence-electron chi connectivity index (χ1n) is 10.6. The summed E-state index contributed by atoms with van der Waals surface area (Å²) >= 11 is 6.01. The number of nitrogens with zero attached hydrogens (tertiary/aromatic N) is 2. The highest BCUT2D eigenvalue weighted by Gasteiger charge is 2.78. The van der Waals surface area contributed by atoms with Crippen LogP contribution in [-0.4, -0.2) is 69.3 Å². The van der Waals surface area contributed by atoms with E-state index in [2.05, 4.69) is 6.58 Å². The highest BCUT2D eigenvalue weighted by Crippen LogP contribution is 2.63. The number of hydrogen-bond donors (Lipinski definition) is 2. The first-order chi connectivity index (χ1) is 15.1. The molecule has 3 saturated heterocycles. The summed E-state index contributed by atoms with van der Waals surface area (Å²) in [5.74, 6) is -4.03. The second kappa shape index (κ2) is 7.86. The summed E-state index contributed by atoms with van der Waals surface area (Å²) < 4.78 is 6.34. The van der Waals surface area contributed by atoms with Crippen LogP contribution < -0.4 is 4.90 Å². The zero-order valence-electron chi connectivity index (χ0n) is 18.0. The zero-order chi connectivity index (χ0) is 23.4. The molecule has 2 bridgehead atoms. The van der Waals surface area contributed by atoms with Crippen molar-refractivity contribution in [3.8, 4) is 0 Å². The molecule has 0 radical (unpaired) electrons. The van der Waals surface area contributed by atoms with Crippen LogP contribution in [-0.2, 0) is 19.1 Å². The van der Waals surface area contributed by atoms with Gasteiger partial charge in [0.25, 0.3) is 5.91 Å². The number of benzene rings is 1. The number of carbonyl (C=O) groups is 3. The minimum atomic E-state index is -1.26. The van der Waals surface area contributed by atoms with Crippen molar-refractivity contribution in [2.75, 3.05) is 18.1 Å². The lowest BCUT2D eigenvalue weighted by Crippen LogP contribution is -2.58. The number of anilines is 1. The van der Waals surface area contributed by atoms with Gasteiger partial charge in [-0.2, -0.15) is 0 Å². The number of carboxylic acid groups (broad SMARTS) is 1. The van der Waals surface area contributed by atoms with E-state index in [9.17, 15) is 24.6 Å². The van der Waals surface area contributed by atoms with Crippen molar-refractivity contribution in [3.05, 3.63) is 41.9 Å². The van der Waals surface area contributed by atoms with Gasteiger partial charge in [0.15, 0.2) is 0 Å². The Balaban J connectivity index is 1.83. The minimum absolute atomic E-state index is 0.173. The number of hydrogen-bond acceptors (Lipinski definition) is 5. The number of rotatable bonds is 7. The number of aliphatic hydroxyl groups excluding tert-OH is 1. The summed E-state index contributed by atoms with van der Waals surface area (Å²) in [4.78, 5) is 42.6. The molecule has 32 heavy (non-hydrogen) atoms. The Kier molecular flexibility index (Phi) is 5.59. The van der Waals surface area contributed by atoms with E-state index in [4.69, 9.17) is 16.3 Å². The molecule has 9 heteroatoms. The maximum atomic E-state index is 14.0. The summed E-state index contributed by atoms with van der Waals surface area (Å²) in [5, 5.41) is 20.3. The third-order valence-corrected chi connectivity index (χ3v) is 7.42. The summed E-state index contributed by atoms with van der Waals surface area (Å²) in [5.41, 5.74) is -1.72. The molecule has 2 amide bonds. The van der Waals surface area contributed by atoms with Gasteiger partial charge in [-0.15, -0.1) is 6.58 Å². The van der Waals surface area contributed by atoms with Gasteiger partial charge in [0.1, 0.15) is 11.6 Å². The Hall–Kier alpha value is -2.42. The van der Waals surface area contributed by atoms with Gasteiger partial charge in [0.05, 0.1) is 30.1 Å². The molecular weight excluding hydrogens is 436 g/mol. The molecule has 2 unspecified atom stereocenters. The van der Waals surface area contributed by atoms with Crippen LogP contribution in [0.25, 0.3) is 0 Å². The van der Waals surface area contributed by atoms with Crippen LogP contribution in [0.1, 0.15) is 26.7 Å². The van der Waals surface area contributed by atoms with Gasteiger partial charge in [-0.05, 0) is 51.0 Å². The van der Waals surface area contributed by atoms with Crippen molar-refractivity contribution >= 4 is 35.1 Å². The molecule has 2 N–H and O–H groups in total. The molecule has 0 aromatic heterocycles. The largest absolute Gasteiger partial charge is 0.481 e. The molecule has 1 spiro atoms. The Morgan fingerprint density at radius 2 is 2.03 bits per heavy atom. The molecule has 172 valence electrons. The number of carbonyl (C=O) groups excluding carboxylic acids is 2. The number of fused-ring (bicyclic) bond motifs is 1. The number of aliphatic hydroxyl groups is 1. The highest BCUT2D eigenvalue weighted by molar-refractivity contribution is 6.30. The summed E-state index contributed by atoms with van der Waals surface area (Å²) in [6.07, 6.45) is 2.39. The second-order valence-electron chi connectivity index (χ2n) is 9.06. The molecular formula is C23H27ClN2O6. The van der Waals surface area contributed by atoms with E-state index < -0.39 is 52.9 Å². The molecule has 8 nitrogen and oxygen atoms in total. The van der Waals surface area contributed by atoms with Crippen molar-refractivity contribution in [3.63, 3.8) is 0 Å². The van der Waals surface area contributed by atoms with E-state index >= 15 is 0 Å². The van der Waals surface area contributed by atoms with E-state index in [0.717, 1.165) is 0 Å². The van der Waals surface area contributed by atoms with Crippen LogP contribution in [0.5, 0.6) is 0 Å². The van der Waals surface area contributed by atoms with Crippen LogP contribution in [0.15, 0.2) is 36.9 Å². The van der Waals surface area contributed by atoms with Crippen LogP contribution in [0.4, 0.5) is 5.69 Å². The molecule has 3 aliphatic heterocycles. The smallest absolute Gasteiger partial charge is 0.310 e. The van der Waals surface area contributed by atoms with Crippen molar-refractivity contribution in [1.82, 2.24) is 4.90 Å². The Labute approximate surface area is 191 Å².